The normalized spacial score (nSPS) is 28.0. The molecule has 1 saturated heterocycles. The largest absolute Gasteiger partial charge is 0.390 e. The van der Waals surface area contributed by atoms with Crippen molar-refractivity contribution in [1.29, 1.82) is 0 Å². The molecule has 1 saturated carbocycles. The number of fused-ring (bicyclic) bond motifs is 2. The fourth-order valence-corrected chi connectivity index (χ4v) is 4.46. The fourth-order valence-electron chi connectivity index (χ4n) is 4.46. The van der Waals surface area contributed by atoms with Gasteiger partial charge in [0.15, 0.2) is 0 Å². The fraction of sp³-hybridized carbons (Fsp3) is 0.579. The molecule has 2 aromatic rings. The Bertz CT molecular complexity index is 816. The lowest BCUT2D eigenvalue weighted by atomic mass is 9.71. The van der Waals surface area contributed by atoms with E-state index >= 15 is 0 Å². The summed E-state index contributed by atoms with van der Waals surface area (Å²) in [4.78, 5) is 19.4. The van der Waals surface area contributed by atoms with E-state index in [1.807, 2.05) is 25.1 Å². The lowest BCUT2D eigenvalue weighted by Gasteiger charge is -2.47. The van der Waals surface area contributed by atoms with Crippen molar-refractivity contribution in [2.75, 3.05) is 13.1 Å². The molecule has 2 atom stereocenters. The van der Waals surface area contributed by atoms with E-state index in [1.54, 1.807) is 10.5 Å². The van der Waals surface area contributed by atoms with Crippen LogP contribution in [0.2, 0.25) is 0 Å². The van der Waals surface area contributed by atoms with Crippen LogP contribution in [0.1, 0.15) is 43.5 Å². The number of aryl methyl sites for hydroxylation is 1. The van der Waals surface area contributed by atoms with Crippen LogP contribution in [0.5, 0.6) is 0 Å². The third-order valence-electron chi connectivity index (χ3n) is 5.83. The Morgan fingerprint density at radius 3 is 3.08 bits per heavy atom. The quantitative estimate of drug-likeness (QED) is 0.918. The van der Waals surface area contributed by atoms with Gasteiger partial charge < -0.3 is 5.11 Å². The highest BCUT2D eigenvalue weighted by Gasteiger charge is 2.42. The molecular formula is C19H25N3O2. The zero-order valence-corrected chi connectivity index (χ0v) is 14.2. The second-order valence-corrected chi connectivity index (χ2v) is 7.48. The molecule has 1 aliphatic carbocycles. The van der Waals surface area contributed by atoms with Gasteiger partial charge in [-0.25, -0.2) is 4.98 Å². The average molecular weight is 327 g/mol. The molecule has 2 aromatic heterocycles. The second-order valence-electron chi connectivity index (χ2n) is 7.48. The molecule has 0 amide bonds. The number of hydrogen-bond donors (Lipinski definition) is 1. The van der Waals surface area contributed by atoms with Gasteiger partial charge >= 0.3 is 0 Å². The molecule has 3 heterocycles. The van der Waals surface area contributed by atoms with Crippen LogP contribution in [0, 0.1) is 12.8 Å². The van der Waals surface area contributed by atoms with E-state index in [-0.39, 0.29) is 5.56 Å². The van der Waals surface area contributed by atoms with Gasteiger partial charge in [0, 0.05) is 37.3 Å². The van der Waals surface area contributed by atoms with Gasteiger partial charge in [0.2, 0.25) is 0 Å². The minimum absolute atomic E-state index is 0.0146. The summed E-state index contributed by atoms with van der Waals surface area (Å²) in [5, 5.41) is 10.8. The molecule has 5 nitrogen and oxygen atoms in total. The summed E-state index contributed by atoms with van der Waals surface area (Å²) in [7, 11) is 0. The summed E-state index contributed by atoms with van der Waals surface area (Å²) in [6.45, 7) is 4.39. The maximum absolute atomic E-state index is 12.4. The molecule has 2 unspecified atom stereocenters. The van der Waals surface area contributed by atoms with Gasteiger partial charge in [0.05, 0.1) is 11.3 Å². The van der Waals surface area contributed by atoms with E-state index < -0.39 is 5.60 Å². The van der Waals surface area contributed by atoms with Crippen LogP contribution < -0.4 is 5.56 Å². The van der Waals surface area contributed by atoms with Crippen molar-refractivity contribution in [3.63, 3.8) is 0 Å². The van der Waals surface area contributed by atoms with Crippen LogP contribution in [0.4, 0.5) is 0 Å². The highest BCUT2D eigenvalue weighted by molar-refractivity contribution is 5.40. The Hall–Kier alpha value is -1.72. The third-order valence-corrected chi connectivity index (χ3v) is 5.83. The number of aromatic nitrogens is 2. The van der Waals surface area contributed by atoms with Crippen LogP contribution in [0.25, 0.3) is 5.65 Å². The average Bonchev–Trinajstić information content (AvgIpc) is 2.55. The van der Waals surface area contributed by atoms with Crippen LogP contribution in [-0.2, 0) is 6.54 Å². The summed E-state index contributed by atoms with van der Waals surface area (Å²) < 4.78 is 1.65. The van der Waals surface area contributed by atoms with Crippen molar-refractivity contribution < 1.29 is 5.11 Å². The predicted octanol–water partition coefficient (Wildman–Crippen LogP) is 2.13. The van der Waals surface area contributed by atoms with Crippen LogP contribution in [-0.4, -0.2) is 38.1 Å². The highest BCUT2D eigenvalue weighted by atomic mass is 16.3. The number of likely N-dealkylation sites (tertiary alicyclic amines) is 1. The van der Waals surface area contributed by atoms with Crippen molar-refractivity contribution >= 4 is 5.65 Å². The Labute approximate surface area is 141 Å². The summed E-state index contributed by atoms with van der Waals surface area (Å²) >= 11 is 0. The monoisotopic (exact) mass is 327 g/mol. The van der Waals surface area contributed by atoms with E-state index in [1.165, 1.54) is 6.42 Å². The number of piperidine rings is 1. The van der Waals surface area contributed by atoms with Crippen molar-refractivity contribution in [3.05, 3.63) is 46.0 Å². The minimum Gasteiger partial charge on any atom is -0.390 e. The zero-order valence-electron chi connectivity index (χ0n) is 14.2. The molecule has 24 heavy (non-hydrogen) atoms. The molecular weight excluding hydrogens is 302 g/mol. The van der Waals surface area contributed by atoms with Gasteiger partial charge in [-0.3, -0.25) is 14.1 Å². The molecule has 1 N–H and O–H groups in total. The number of aliphatic hydroxyl groups is 1. The maximum Gasteiger partial charge on any atom is 0.258 e. The Morgan fingerprint density at radius 2 is 2.21 bits per heavy atom. The van der Waals surface area contributed by atoms with Crippen LogP contribution >= 0.6 is 0 Å². The molecule has 0 bridgehead atoms. The second kappa shape index (κ2) is 5.97. The van der Waals surface area contributed by atoms with Crippen LogP contribution in [0.3, 0.4) is 0 Å². The molecule has 4 rings (SSSR count). The van der Waals surface area contributed by atoms with Gasteiger partial charge in [-0.1, -0.05) is 18.9 Å². The van der Waals surface area contributed by atoms with Crippen molar-refractivity contribution in [2.24, 2.45) is 5.92 Å². The van der Waals surface area contributed by atoms with Crippen molar-refractivity contribution in [2.45, 2.75) is 51.2 Å². The number of hydrogen-bond acceptors (Lipinski definition) is 4. The summed E-state index contributed by atoms with van der Waals surface area (Å²) in [6.07, 6.45) is 5.26. The standard InChI is InChI=1S/C19H25N3O2/c1-14-5-4-7-17-20-16(11-18(23)22(14)17)13-21-10-9-19(24)8-3-2-6-15(19)12-21/h4-5,7,11,15,24H,2-3,6,8-10,12-13H2,1H3. The maximum atomic E-state index is 12.4. The van der Waals surface area contributed by atoms with Crippen molar-refractivity contribution in [1.82, 2.24) is 14.3 Å². The molecule has 2 fully saturated rings. The Morgan fingerprint density at radius 1 is 1.33 bits per heavy atom. The smallest absolute Gasteiger partial charge is 0.258 e. The predicted molar refractivity (Wildman–Crippen MR) is 93.0 cm³/mol. The lowest BCUT2D eigenvalue weighted by Crippen LogP contribution is -2.53. The summed E-state index contributed by atoms with van der Waals surface area (Å²) in [6, 6.07) is 7.39. The number of rotatable bonds is 2. The lowest BCUT2D eigenvalue weighted by molar-refractivity contribution is -0.0969. The third kappa shape index (κ3) is 2.76. The first-order chi connectivity index (χ1) is 11.5. The van der Waals surface area contributed by atoms with Crippen LogP contribution in [0.15, 0.2) is 29.1 Å². The van der Waals surface area contributed by atoms with Crippen molar-refractivity contribution in [3.8, 4) is 0 Å². The molecule has 128 valence electrons. The topological polar surface area (TPSA) is 57.8 Å². The van der Waals surface area contributed by atoms with Gasteiger partial charge in [-0.15, -0.1) is 0 Å². The first kappa shape index (κ1) is 15.8. The zero-order chi connectivity index (χ0) is 16.7. The van der Waals surface area contributed by atoms with E-state index in [2.05, 4.69) is 9.88 Å². The van der Waals surface area contributed by atoms with E-state index in [9.17, 15) is 9.90 Å². The van der Waals surface area contributed by atoms with E-state index in [4.69, 9.17) is 0 Å². The molecule has 0 aromatic carbocycles. The molecule has 0 radical (unpaired) electrons. The molecule has 5 heteroatoms. The first-order valence-electron chi connectivity index (χ1n) is 8.98. The first-order valence-corrected chi connectivity index (χ1v) is 8.98. The SMILES string of the molecule is Cc1cccc2nc(CN3CCC4(O)CCCCC4C3)cc(=O)n12. The highest BCUT2D eigenvalue weighted by Crippen LogP contribution is 2.39. The summed E-state index contributed by atoms with van der Waals surface area (Å²) in [5.41, 5.74) is 1.97. The van der Waals surface area contributed by atoms with E-state index in [0.717, 1.165) is 50.2 Å². The Balaban J connectivity index is 1.56. The van der Waals surface area contributed by atoms with Gasteiger partial charge in [-0.2, -0.15) is 0 Å². The van der Waals surface area contributed by atoms with Gasteiger partial charge in [0.25, 0.3) is 5.56 Å². The van der Waals surface area contributed by atoms with Gasteiger partial charge in [-0.05, 0) is 38.3 Å². The Kier molecular flexibility index (Phi) is 3.93. The molecule has 2 aliphatic rings. The molecule has 0 spiro atoms. The van der Waals surface area contributed by atoms with Gasteiger partial charge in [0.1, 0.15) is 5.65 Å². The van der Waals surface area contributed by atoms with E-state index in [0.29, 0.717) is 18.1 Å². The number of nitrogens with zero attached hydrogens (tertiary/aromatic N) is 3. The number of pyridine rings is 1. The minimum atomic E-state index is -0.456. The summed E-state index contributed by atoms with van der Waals surface area (Å²) in [5.74, 6) is 0.365. The molecule has 1 aliphatic heterocycles.